The molecular formula is C6H12BrN3O. The molecule has 0 aromatic rings. The number of hydrogen-bond donors (Lipinski definition) is 2. The fourth-order valence-electron chi connectivity index (χ4n) is 1.52. The summed E-state index contributed by atoms with van der Waals surface area (Å²) in [5.74, 6) is 0.128. The number of amides is 1. The highest BCUT2D eigenvalue weighted by molar-refractivity contribution is 8.93. The van der Waals surface area contributed by atoms with Gasteiger partial charge in [-0.25, -0.2) is 0 Å². The Morgan fingerprint density at radius 1 is 1.36 bits per heavy atom. The summed E-state index contributed by atoms with van der Waals surface area (Å²) in [4.78, 5) is 13.2. The first-order chi connectivity index (χ1) is 4.88. The molecule has 0 saturated carbocycles. The van der Waals surface area contributed by atoms with Crippen molar-refractivity contribution in [1.29, 1.82) is 0 Å². The monoisotopic (exact) mass is 221 g/mol. The van der Waals surface area contributed by atoms with Crippen molar-refractivity contribution in [1.82, 2.24) is 15.5 Å². The van der Waals surface area contributed by atoms with Gasteiger partial charge in [0.05, 0.1) is 0 Å². The van der Waals surface area contributed by atoms with E-state index in [9.17, 15) is 4.79 Å². The molecule has 2 heterocycles. The second-order valence-electron chi connectivity index (χ2n) is 2.68. The van der Waals surface area contributed by atoms with Crippen molar-refractivity contribution in [3.8, 4) is 0 Å². The zero-order chi connectivity index (χ0) is 6.97. The summed E-state index contributed by atoms with van der Waals surface area (Å²) < 4.78 is 0. The summed E-state index contributed by atoms with van der Waals surface area (Å²) in [7, 11) is 0. The van der Waals surface area contributed by atoms with Crippen LogP contribution in [0.15, 0.2) is 0 Å². The number of hydrogen-bond acceptors (Lipinski definition) is 3. The number of piperazine rings is 1. The lowest BCUT2D eigenvalue weighted by atomic mass is 10.3. The van der Waals surface area contributed by atoms with Gasteiger partial charge in [-0.2, -0.15) is 0 Å². The first kappa shape index (κ1) is 8.96. The Morgan fingerprint density at radius 2 is 2.09 bits per heavy atom. The zero-order valence-electron chi connectivity index (χ0n) is 6.17. The second-order valence-corrected chi connectivity index (χ2v) is 2.68. The van der Waals surface area contributed by atoms with Crippen LogP contribution in [0.25, 0.3) is 0 Å². The molecule has 2 rings (SSSR count). The first-order valence-corrected chi connectivity index (χ1v) is 3.63. The summed E-state index contributed by atoms with van der Waals surface area (Å²) in [6, 6.07) is 0. The van der Waals surface area contributed by atoms with Crippen LogP contribution in [-0.4, -0.2) is 43.2 Å². The van der Waals surface area contributed by atoms with E-state index in [0.29, 0.717) is 0 Å². The molecule has 0 spiro atoms. The molecule has 0 aromatic carbocycles. The Bertz CT molecular complexity index is 164. The van der Waals surface area contributed by atoms with Crippen molar-refractivity contribution in [2.75, 3.05) is 26.2 Å². The van der Waals surface area contributed by atoms with Crippen LogP contribution < -0.4 is 10.6 Å². The molecule has 0 aromatic heterocycles. The van der Waals surface area contributed by atoms with E-state index in [1.54, 1.807) is 0 Å². The Morgan fingerprint density at radius 3 is 2.82 bits per heavy atom. The van der Waals surface area contributed by atoms with E-state index in [4.69, 9.17) is 0 Å². The number of fused-ring (bicyclic) bond motifs is 1. The number of nitrogens with zero attached hydrogens (tertiary/aromatic N) is 1. The third-order valence-electron chi connectivity index (χ3n) is 2.05. The second kappa shape index (κ2) is 3.51. The maximum atomic E-state index is 11.1. The molecule has 2 fully saturated rings. The maximum absolute atomic E-state index is 11.1. The SMILES string of the molecule is Br.O=C1NCCN2CCNC12. The Balaban J connectivity index is 0.000000605. The van der Waals surface area contributed by atoms with Gasteiger partial charge in [0.2, 0.25) is 0 Å². The zero-order valence-corrected chi connectivity index (χ0v) is 7.88. The standard InChI is InChI=1S/C6H11N3O.BrH/c10-6-5-7-1-3-9(5)4-2-8-6;/h5,7H,1-4H2,(H,8,10);1H. The quantitative estimate of drug-likeness (QED) is 0.548. The number of carbonyl (C=O) groups excluding carboxylic acids is 1. The van der Waals surface area contributed by atoms with Crippen LogP contribution in [-0.2, 0) is 4.79 Å². The largest absolute Gasteiger partial charge is 0.352 e. The number of nitrogens with one attached hydrogen (secondary N) is 2. The summed E-state index contributed by atoms with van der Waals surface area (Å²) in [6.07, 6.45) is -0.0336. The van der Waals surface area contributed by atoms with Crippen molar-refractivity contribution in [3.05, 3.63) is 0 Å². The summed E-state index contributed by atoms with van der Waals surface area (Å²) in [5.41, 5.74) is 0. The Labute approximate surface area is 76.1 Å². The molecule has 64 valence electrons. The minimum Gasteiger partial charge on any atom is -0.352 e. The molecule has 1 amide bonds. The molecule has 0 radical (unpaired) electrons. The van der Waals surface area contributed by atoms with Crippen molar-refractivity contribution in [2.24, 2.45) is 0 Å². The van der Waals surface area contributed by atoms with Crippen LogP contribution in [0.2, 0.25) is 0 Å². The minimum absolute atomic E-state index is 0. The van der Waals surface area contributed by atoms with Gasteiger partial charge in [0.1, 0.15) is 6.17 Å². The summed E-state index contributed by atoms with van der Waals surface area (Å²) >= 11 is 0. The molecule has 2 aliphatic heterocycles. The van der Waals surface area contributed by atoms with E-state index in [-0.39, 0.29) is 29.1 Å². The molecule has 2 saturated heterocycles. The van der Waals surface area contributed by atoms with Crippen molar-refractivity contribution in [2.45, 2.75) is 6.17 Å². The van der Waals surface area contributed by atoms with Crippen LogP contribution in [0.5, 0.6) is 0 Å². The van der Waals surface area contributed by atoms with Gasteiger partial charge in [0, 0.05) is 26.2 Å². The molecular weight excluding hydrogens is 210 g/mol. The third-order valence-corrected chi connectivity index (χ3v) is 2.05. The van der Waals surface area contributed by atoms with Crippen LogP contribution >= 0.6 is 17.0 Å². The van der Waals surface area contributed by atoms with E-state index in [2.05, 4.69) is 15.5 Å². The van der Waals surface area contributed by atoms with E-state index >= 15 is 0 Å². The fourth-order valence-corrected chi connectivity index (χ4v) is 1.52. The third kappa shape index (κ3) is 1.55. The normalized spacial score (nSPS) is 30.5. The average molecular weight is 222 g/mol. The molecule has 5 heteroatoms. The average Bonchev–Trinajstić information content (AvgIpc) is 2.36. The highest BCUT2D eigenvalue weighted by Crippen LogP contribution is 2.05. The van der Waals surface area contributed by atoms with E-state index in [0.717, 1.165) is 26.2 Å². The maximum Gasteiger partial charge on any atom is 0.252 e. The van der Waals surface area contributed by atoms with E-state index in [1.165, 1.54) is 0 Å². The van der Waals surface area contributed by atoms with Gasteiger partial charge in [-0.15, -0.1) is 17.0 Å². The lowest BCUT2D eigenvalue weighted by Crippen LogP contribution is -2.55. The number of carbonyl (C=O) groups is 1. The minimum atomic E-state index is -0.0336. The smallest absolute Gasteiger partial charge is 0.252 e. The van der Waals surface area contributed by atoms with Crippen LogP contribution in [0.4, 0.5) is 0 Å². The molecule has 1 atom stereocenters. The molecule has 11 heavy (non-hydrogen) atoms. The van der Waals surface area contributed by atoms with Gasteiger partial charge in [0.15, 0.2) is 0 Å². The Hall–Kier alpha value is -0.130. The fraction of sp³-hybridized carbons (Fsp3) is 0.833. The van der Waals surface area contributed by atoms with Crippen LogP contribution in [0.1, 0.15) is 0 Å². The van der Waals surface area contributed by atoms with Gasteiger partial charge in [-0.1, -0.05) is 0 Å². The number of halogens is 1. The molecule has 4 nitrogen and oxygen atoms in total. The van der Waals surface area contributed by atoms with Gasteiger partial charge in [-0.05, 0) is 0 Å². The first-order valence-electron chi connectivity index (χ1n) is 3.63. The molecule has 1 unspecified atom stereocenters. The molecule has 2 aliphatic rings. The van der Waals surface area contributed by atoms with Crippen molar-refractivity contribution < 1.29 is 4.79 Å². The van der Waals surface area contributed by atoms with Gasteiger partial charge in [0.25, 0.3) is 5.91 Å². The summed E-state index contributed by atoms with van der Waals surface area (Å²) in [5, 5.41) is 5.93. The lowest BCUT2D eigenvalue weighted by molar-refractivity contribution is -0.128. The highest BCUT2D eigenvalue weighted by Gasteiger charge is 2.32. The van der Waals surface area contributed by atoms with Crippen LogP contribution in [0, 0.1) is 0 Å². The molecule has 0 bridgehead atoms. The van der Waals surface area contributed by atoms with E-state index < -0.39 is 0 Å². The predicted octanol–water partition coefficient (Wildman–Crippen LogP) is -1.07. The van der Waals surface area contributed by atoms with Gasteiger partial charge in [-0.3, -0.25) is 15.0 Å². The Kier molecular flexibility index (Phi) is 2.86. The topological polar surface area (TPSA) is 44.4 Å². The van der Waals surface area contributed by atoms with Crippen LogP contribution in [0.3, 0.4) is 0 Å². The molecule has 0 aliphatic carbocycles. The van der Waals surface area contributed by atoms with Gasteiger partial charge >= 0.3 is 0 Å². The highest BCUT2D eigenvalue weighted by atomic mass is 79.9. The van der Waals surface area contributed by atoms with E-state index in [1.807, 2.05) is 0 Å². The molecule has 2 N–H and O–H groups in total. The lowest BCUT2D eigenvalue weighted by Gasteiger charge is -2.27. The summed E-state index contributed by atoms with van der Waals surface area (Å²) in [6.45, 7) is 3.75. The van der Waals surface area contributed by atoms with Crippen molar-refractivity contribution in [3.63, 3.8) is 0 Å². The predicted molar refractivity (Wildman–Crippen MR) is 46.7 cm³/mol. The number of rotatable bonds is 0. The van der Waals surface area contributed by atoms with Gasteiger partial charge < -0.3 is 5.32 Å². The van der Waals surface area contributed by atoms with Crippen molar-refractivity contribution >= 4 is 22.9 Å².